The Labute approximate surface area is 187 Å². The molecule has 0 saturated carbocycles. The number of nitrogens with zero attached hydrogens (tertiary/aromatic N) is 3. The largest absolute Gasteiger partial charge is 0.352 e. The van der Waals surface area contributed by atoms with Crippen molar-refractivity contribution in [3.8, 4) is 0 Å². The summed E-state index contributed by atoms with van der Waals surface area (Å²) in [5.74, 6) is -0.271. The second-order valence-electron chi connectivity index (χ2n) is 8.01. The third-order valence-corrected chi connectivity index (χ3v) is 6.85. The molecule has 1 N–H and O–H groups in total. The minimum atomic E-state index is -0.210. The zero-order valence-electron chi connectivity index (χ0n) is 17.8. The van der Waals surface area contributed by atoms with Crippen molar-refractivity contribution in [2.24, 2.45) is 4.99 Å². The highest BCUT2D eigenvalue weighted by Crippen LogP contribution is 2.32. The topological polar surface area (TPSA) is 65.0 Å². The molecule has 1 aromatic rings. The maximum atomic E-state index is 12.4. The Bertz CT molecular complexity index is 941. The molecule has 2 heterocycles. The maximum Gasteiger partial charge on any atom is 0.283 e. The number of thioether (sulfide) groups is 1. The summed E-state index contributed by atoms with van der Waals surface area (Å²) in [5, 5.41) is 3.09. The van der Waals surface area contributed by atoms with Gasteiger partial charge in [0.25, 0.3) is 11.8 Å². The van der Waals surface area contributed by atoms with Crippen molar-refractivity contribution in [2.45, 2.75) is 11.7 Å². The highest BCUT2D eigenvalue weighted by Gasteiger charge is 2.25. The summed E-state index contributed by atoms with van der Waals surface area (Å²) in [6, 6.07) is 7.35. The van der Waals surface area contributed by atoms with Crippen LogP contribution in [0.4, 0.5) is 0 Å². The van der Waals surface area contributed by atoms with Crippen LogP contribution in [0, 0.1) is 0 Å². The third-order valence-electron chi connectivity index (χ3n) is 5.65. The summed E-state index contributed by atoms with van der Waals surface area (Å²) in [6.07, 6.45) is 10.6. The normalized spacial score (nSPS) is 23.0. The minimum Gasteiger partial charge on any atom is -0.352 e. The summed E-state index contributed by atoms with van der Waals surface area (Å²) < 4.78 is 0. The first-order valence-electron chi connectivity index (χ1n) is 10.7. The lowest BCUT2D eigenvalue weighted by Crippen LogP contribution is -2.45. The summed E-state index contributed by atoms with van der Waals surface area (Å²) >= 11 is 1.51. The molecule has 2 aliphatic heterocycles. The van der Waals surface area contributed by atoms with Gasteiger partial charge in [0.15, 0.2) is 0 Å². The monoisotopic (exact) mass is 436 g/mol. The summed E-state index contributed by atoms with van der Waals surface area (Å²) in [4.78, 5) is 34.3. The van der Waals surface area contributed by atoms with E-state index in [1.807, 2.05) is 42.5 Å². The van der Waals surface area contributed by atoms with Gasteiger partial charge in [-0.3, -0.25) is 9.59 Å². The zero-order chi connectivity index (χ0) is 21.6. The fourth-order valence-electron chi connectivity index (χ4n) is 3.73. The predicted molar refractivity (Wildman–Crippen MR) is 127 cm³/mol. The average molecular weight is 437 g/mol. The quantitative estimate of drug-likeness (QED) is 0.549. The third kappa shape index (κ3) is 5.81. The molecule has 0 aromatic heterocycles. The molecule has 0 radical (unpaired) electrons. The summed E-state index contributed by atoms with van der Waals surface area (Å²) in [5.41, 5.74) is 2.32. The van der Waals surface area contributed by atoms with Crippen molar-refractivity contribution < 1.29 is 9.59 Å². The standard InChI is InChI=1S/C24H28N4O2S/c1-27-13-15-28(16-14-27)12-4-11-25-23(29)19-9-7-18(8-10-19)17-22-24(30)26-20-5-2-3-6-21(20)31-22/h2-3,5-10,17,21H,4,11-16H2,1H3,(H,25,29)/b22-17+. The first kappa shape index (κ1) is 21.7. The fraction of sp³-hybridized carbons (Fsp3) is 0.375. The molecule has 7 heteroatoms. The van der Waals surface area contributed by atoms with Gasteiger partial charge < -0.3 is 15.1 Å². The Morgan fingerprint density at radius 2 is 1.97 bits per heavy atom. The highest BCUT2D eigenvalue weighted by molar-refractivity contribution is 8.05. The van der Waals surface area contributed by atoms with Crippen LogP contribution in [0.1, 0.15) is 22.3 Å². The van der Waals surface area contributed by atoms with Crippen LogP contribution < -0.4 is 5.32 Å². The molecule has 0 spiro atoms. The number of piperazine rings is 1. The number of hydrogen-bond acceptors (Lipinski definition) is 5. The highest BCUT2D eigenvalue weighted by atomic mass is 32.2. The molecular weight excluding hydrogens is 408 g/mol. The Balaban J connectivity index is 1.27. The van der Waals surface area contributed by atoms with Crippen LogP contribution in [0.2, 0.25) is 0 Å². The molecule has 1 fully saturated rings. The Morgan fingerprint density at radius 1 is 1.19 bits per heavy atom. The number of benzene rings is 1. The van der Waals surface area contributed by atoms with E-state index in [-0.39, 0.29) is 17.1 Å². The molecule has 3 aliphatic rings. The lowest BCUT2D eigenvalue weighted by atomic mass is 10.1. The van der Waals surface area contributed by atoms with Gasteiger partial charge in [-0.1, -0.05) is 30.4 Å². The lowest BCUT2D eigenvalue weighted by molar-refractivity contribution is -0.113. The van der Waals surface area contributed by atoms with Gasteiger partial charge in [0.1, 0.15) is 0 Å². The maximum absolute atomic E-state index is 12.4. The van der Waals surface area contributed by atoms with E-state index in [0.717, 1.165) is 50.4 Å². The van der Waals surface area contributed by atoms with Crippen molar-refractivity contribution in [1.82, 2.24) is 15.1 Å². The van der Waals surface area contributed by atoms with Crippen molar-refractivity contribution >= 4 is 35.4 Å². The molecule has 1 aliphatic carbocycles. The van der Waals surface area contributed by atoms with Crippen LogP contribution in [0.25, 0.3) is 6.08 Å². The van der Waals surface area contributed by atoms with E-state index in [0.29, 0.717) is 17.0 Å². The molecule has 1 unspecified atom stereocenters. The van der Waals surface area contributed by atoms with Gasteiger partial charge in [0.2, 0.25) is 0 Å². The molecule has 1 atom stereocenters. The van der Waals surface area contributed by atoms with E-state index >= 15 is 0 Å². The number of carbonyl (C=O) groups is 2. The minimum absolute atomic E-state index is 0.0610. The smallest absolute Gasteiger partial charge is 0.283 e. The number of likely N-dealkylation sites (N-methyl/N-ethyl adjacent to an activating group) is 1. The molecule has 6 nitrogen and oxygen atoms in total. The number of rotatable bonds is 6. The first-order chi connectivity index (χ1) is 15.1. The van der Waals surface area contributed by atoms with Crippen LogP contribution in [0.3, 0.4) is 0 Å². The molecule has 1 aromatic carbocycles. The second-order valence-corrected chi connectivity index (χ2v) is 9.19. The number of allylic oxidation sites excluding steroid dienone is 3. The number of carbonyl (C=O) groups excluding carboxylic acids is 2. The zero-order valence-corrected chi connectivity index (χ0v) is 18.6. The van der Waals surface area contributed by atoms with E-state index in [4.69, 9.17) is 0 Å². The SMILES string of the molecule is CN1CCN(CCCNC(=O)c2ccc(/C=C3/SC4C=CC=CC4=NC3=O)cc2)CC1. The number of aliphatic imine (C=N–C) groups is 1. The van der Waals surface area contributed by atoms with E-state index in [9.17, 15) is 9.59 Å². The summed E-state index contributed by atoms with van der Waals surface area (Å²) in [6.45, 7) is 6.11. The molecule has 4 rings (SSSR count). The van der Waals surface area contributed by atoms with Crippen molar-refractivity contribution in [3.63, 3.8) is 0 Å². The predicted octanol–water partition coefficient (Wildman–Crippen LogP) is 2.60. The summed E-state index contributed by atoms with van der Waals surface area (Å²) in [7, 11) is 2.15. The van der Waals surface area contributed by atoms with Gasteiger partial charge in [-0.25, -0.2) is 4.99 Å². The van der Waals surface area contributed by atoms with Crippen molar-refractivity contribution in [3.05, 3.63) is 64.6 Å². The second kappa shape index (κ2) is 10.2. The van der Waals surface area contributed by atoms with Crippen molar-refractivity contribution in [2.75, 3.05) is 46.3 Å². The van der Waals surface area contributed by atoms with Crippen molar-refractivity contribution in [1.29, 1.82) is 0 Å². The first-order valence-corrected chi connectivity index (χ1v) is 11.6. The van der Waals surface area contributed by atoms with Gasteiger partial charge in [-0.2, -0.15) is 0 Å². The molecule has 1 saturated heterocycles. The van der Waals surface area contributed by atoms with E-state index in [1.54, 1.807) is 12.1 Å². The van der Waals surface area contributed by atoms with Gasteiger partial charge >= 0.3 is 0 Å². The van der Waals surface area contributed by atoms with E-state index in [2.05, 4.69) is 27.2 Å². The van der Waals surface area contributed by atoms with E-state index in [1.165, 1.54) is 11.8 Å². The number of amides is 2. The van der Waals surface area contributed by atoms with Gasteiger partial charge in [0, 0.05) is 38.3 Å². The molecule has 162 valence electrons. The number of fused-ring (bicyclic) bond motifs is 1. The van der Waals surface area contributed by atoms with Crippen LogP contribution in [0.5, 0.6) is 0 Å². The lowest BCUT2D eigenvalue weighted by Gasteiger charge is -2.32. The molecule has 2 amide bonds. The Hall–Kier alpha value is -2.48. The van der Waals surface area contributed by atoms with Crippen LogP contribution in [0.15, 0.2) is 58.5 Å². The molecule has 31 heavy (non-hydrogen) atoms. The van der Waals surface area contributed by atoms with Gasteiger partial charge in [-0.15, -0.1) is 11.8 Å². The molecular formula is C24H28N4O2S. The molecule has 0 bridgehead atoms. The average Bonchev–Trinajstić information content (AvgIpc) is 2.79. The van der Waals surface area contributed by atoms with Gasteiger partial charge in [-0.05, 0) is 49.9 Å². The Morgan fingerprint density at radius 3 is 2.74 bits per heavy atom. The van der Waals surface area contributed by atoms with Crippen LogP contribution >= 0.6 is 11.8 Å². The number of hydrogen-bond donors (Lipinski definition) is 1. The Kier molecular flexibility index (Phi) is 7.17. The van der Waals surface area contributed by atoms with Gasteiger partial charge in [0.05, 0.1) is 15.9 Å². The van der Waals surface area contributed by atoms with E-state index < -0.39 is 0 Å². The fourth-order valence-corrected chi connectivity index (χ4v) is 4.77. The number of nitrogens with one attached hydrogen (secondary N) is 1. The van der Waals surface area contributed by atoms with Crippen LogP contribution in [-0.2, 0) is 4.79 Å². The van der Waals surface area contributed by atoms with Crippen LogP contribution in [-0.4, -0.2) is 78.9 Å².